The number of halogens is 1. The fourth-order valence-electron chi connectivity index (χ4n) is 1.35. The average Bonchev–Trinajstić information content (AvgIpc) is 2.18. The highest BCUT2D eigenvalue weighted by atomic mass is 19.1. The number of carboxylic acid groups (broad SMARTS) is 1. The molecule has 0 bridgehead atoms. The molecule has 2 aromatic rings. The maximum atomic E-state index is 13.3. The third-order valence-electron chi connectivity index (χ3n) is 2.04. The normalized spacial score (nSPS) is 10.5. The first-order valence-corrected chi connectivity index (χ1v) is 4.17. The number of hydrogen-bond acceptors (Lipinski definition) is 3. The van der Waals surface area contributed by atoms with E-state index in [-0.39, 0.29) is 22.3 Å². The second kappa shape index (κ2) is 3.20. The number of hydrogen-bond donors (Lipinski definition) is 2. The molecule has 1 aromatic heterocycles. The molecule has 0 unspecified atom stereocenters. The van der Waals surface area contributed by atoms with Gasteiger partial charge in [0, 0.05) is 5.39 Å². The van der Waals surface area contributed by atoms with Gasteiger partial charge in [-0.2, -0.15) is 0 Å². The molecule has 0 spiro atoms. The molecule has 1 heterocycles. The van der Waals surface area contributed by atoms with E-state index >= 15 is 0 Å². The van der Waals surface area contributed by atoms with Gasteiger partial charge in [0.15, 0.2) is 5.69 Å². The topological polar surface area (TPSA) is 76.2 Å². The molecule has 0 amide bonds. The minimum Gasteiger partial charge on any atom is -0.476 e. The van der Waals surface area contributed by atoms with Crippen molar-refractivity contribution in [2.24, 2.45) is 0 Å². The summed E-state index contributed by atoms with van der Waals surface area (Å²) in [7, 11) is 0. The van der Waals surface area contributed by atoms with E-state index in [4.69, 9.17) is 10.8 Å². The lowest BCUT2D eigenvalue weighted by Crippen LogP contribution is -2.05. The van der Waals surface area contributed by atoms with Crippen LogP contribution in [0, 0.1) is 5.82 Å². The van der Waals surface area contributed by atoms with E-state index in [2.05, 4.69) is 4.98 Å². The van der Waals surface area contributed by atoms with Crippen LogP contribution in [-0.4, -0.2) is 16.1 Å². The molecular formula is C10H7FN2O2. The van der Waals surface area contributed by atoms with Crippen molar-refractivity contribution in [3.63, 3.8) is 0 Å². The number of nitrogens with two attached hydrogens (primary N) is 1. The monoisotopic (exact) mass is 206 g/mol. The average molecular weight is 206 g/mol. The summed E-state index contributed by atoms with van der Waals surface area (Å²) in [6.45, 7) is 0. The van der Waals surface area contributed by atoms with Crippen LogP contribution in [0.4, 0.5) is 10.1 Å². The lowest BCUT2D eigenvalue weighted by molar-refractivity contribution is 0.0692. The standard InChI is InChI=1S/C10H7FN2O2/c11-6-2-1-3-8-5(6)4-7(12)9(13-8)10(14)15/h1-4H,12H2,(H,14,15). The fourth-order valence-corrected chi connectivity index (χ4v) is 1.35. The lowest BCUT2D eigenvalue weighted by Gasteiger charge is -2.03. The highest BCUT2D eigenvalue weighted by Crippen LogP contribution is 2.20. The Kier molecular flexibility index (Phi) is 2.00. The zero-order chi connectivity index (χ0) is 11.0. The van der Waals surface area contributed by atoms with E-state index in [1.807, 2.05) is 0 Å². The van der Waals surface area contributed by atoms with Crippen LogP contribution in [0.3, 0.4) is 0 Å². The first-order chi connectivity index (χ1) is 7.09. The molecule has 0 aliphatic carbocycles. The van der Waals surface area contributed by atoms with Gasteiger partial charge in [0.1, 0.15) is 5.82 Å². The first-order valence-electron chi connectivity index (χ1n) is 4.17. The van der Waals surface area contributed by atoms with E-state index < -0.39 is 11.8 Å². The maximum absolute atomic E-state index is 13.3. The van der Waals surface area contributed by atoms with Crippen LogP contribution in [0.25, 0.3) is 10.9 Å². The molecule has 0 saturated heterocycles. The molecule has 0 saturated carbocycles. The number of pyridine rings is 1. The number of aromatic carboxylic acids is 1. The summed E-state index contributed by atoms with van der Waals surface area (Å²) in [6.07, 6.45) is 0. The number of nitrogen functional groups attached to an aromatic ring is 1. The summed E-state index contributed by atoms with van der Waals surface area (Å²) >= 11 is 0. The van der Waals surface area contributed by atoms with Crippen molar-refractivity contribution in [1.29, 1.82) is 0 Å². The Labute approximate surface area is 84.2 Å². The minimum absolute atomic E-state index is 0.0416. The first kappa shape index (κ1) is 9.39. The van der Waals surface area contributed by atoms with E-state index in [1.54, 1.807) is 0 Å². The van der Waals surface area contributed by atoms with Crippen molar-refractivity contribution in [3.05, 3.63) is 35.8 Å². The van der Waals surface area contributed by atoms with Crippen molar-refractivity contribution in [2.75, 3.05) is 5.73 Å². The molecule has 0 aliphatic heterocycles. The van der Waals surface area contributed by atoms with Crippen LogP contribution < -0.4 is 5.73 Å². The van der Waals surface area contributed by atoms with Crippen molar-refractivity contribution in [1.82, 2.24) is 4.98 Å². The number of carboxylic acids is 1. The van der Waals surface area contributed by atoms with Crippen molar-refractivity contribution in [3.8, 4) is 0 Å². The molecule has 5 heteroatoms. The van der Waals surface area contributed by atoms with Crippen molar-refractivity contribution in [2.45, 2.75) is 0 Å². The van der Waals surface area contributed by atoms with E-state index in [0.29, 0.717) is 0 Å². The van der Waals surface area contributed by atoms with E-state index in [9.17, 15) is 9.18 Å². The molecule has 0 fully saturated rings. The number of carbonyl (C=O) groups is 1. The number of aromatic nitrogens is 1. The van der Waals surface area contributed by atoms with Gasteiger partial charge >= 0.3 is 5.97 Å². The van der Waals surface area contributed by atoms with Crippen LogP contribution in [0.5, 0.6) is 0 Å². The maximum Gasteiger partial charge on any atom is 0.356 e. The summed E-state index contributed by atoms with van der Waals surface area (Å²) in [5.74, 6) is -1.69. The van der Waals surface area contributed by atoms with Crippen molar-refractivity contribution < 1.29 is 14.3 Å². The Morgan fingerprint density at radius 3 is 2.87 bits per heavy atom. The molecular weight excluding hydrogens is 199 g/mol. The quantitative estimate of drug-likeness (QED) is 0.743. The molecule has 15 heavy (non-hydrogen) atoms. The molecule has 1 aromatic carbocycles. The predicted octanol–water partition coefficient (Wildman–Crippen LogP) is 1.65. The number of nitrogens with zero attached hydrogens (tertiary/aromatic N) is 1. The molecule has 3 N–H and O–H groups in total. The fraction of sp³-hybridized carbons (Fsp3) is 0. The van der Waals surface area contributed by atoms with Crippen LogP contribution in [0.1, 0.15) is 10.5 Å². The molecule has 0 radical (unpaired) electrons. The Balaban J connectivity index is 2.82. The second-order valence-electron chi connectivity index (χ2n) is 3.04. The Bertz CT molecular complexity index is 554. The molecule has 76 valence electrons. The molecule has 0 aliphatic rings. The zero-order valence-corrected chi connectivity index (χ0v) is 7.57. The van der Waals surface area contributed by atoms with E-state index in [1.165, 1.54) is 24.3 Å². The van der Waals surface area contributed by atoms with Crippen LogP contribution in [0.15, 0.2) is 24.3 Å². The second-order valence-corrected chi connectivity index (χ2v) is 3.04. The van der Waals surface area contributed by atoms with Gasteiger partial charge in [-0.1, -0.05) is 6.07 Å². The third kappa shape index (κ3) is 1.48. The van der Waals surface area contributed by atoms with Gasteiger partial charge < -0.3 is 10.8 Å². The van der Waals surface area contributed by atoms with E-state index in [0.717, 1.165) is 0 Å². The third-order valence-corrected chi connectivity index (χ3v) is 2.04. The molecule has 0 atom stereocenters. The zero-order valence-electron chi connectivity index (χ0n) is 7.57. The highest BCUT2D eigenvalue weighted by molar-refractivity contribution is 5.96. The van der Waals surface area contributed by atoms with Gasteiger partial charge in [-0.3, -0.25) is 0 Å². The molecule has 2 rings (SSSR count). The number of anilines is 1. The van der Waals surface area contributed by atoms with Crippen LogP contribution >= 0.6 is 0 Å². The summed E-state index contributed by atoms with van der Waals surface area (Å²) < 4.78 is 13.3. The van der Waals surface area contributed by atoms with Gasteiger partial charge in [0.25, 0.3) is 0 Å². The van der Waals surface area contributed by atoms with Gasteiger partial charge in [-0.05, 0) is 18.2 Å². The van der Waals surface area contributed by atoms with Gasteiger partial charge in [0.05, 0.1) is 11.2 Å². The predicted molar refractivity (Wildman–Crippen MR) is 53.1 cm³/mol. The Morgan fingerprint density at radius 1 is 1.47 bits per heavy atom. The van der Waals surface area contributed by atoms with Gasteiger partial charge in [-0.25, -0.2) is 14.2 Å². The van der Waals surface area contributed by atoms with Crippen LogP contribution in [0.2, 0.25) is 0 Å². The highest BCUT2D eigenvalue weighted by Gasteiger charge is 2.12. The largest absolute Gasteiger partial charge is 0.476 e. The van der Waals surface area contributed by atoms with Gasteiger partial charge in [0.2, 0.25) is 0 Å². The SMILES string of the molecule is Nc1cc2c(F)cccc2nc1C(=O)O. The summed E-state index contributed by atoms with van der Waals surface area (Å²) in [6, 6.07) is 5.54. The minimum atomic E-state index is -1.22. The van der Waals surface area contributed by atoms with Crippen molar-refractivity contribution >= 4 is 22.6 Å². The summed E-state index contributed by atoms with van der Waals surface area (Å²) in [4.78, 5) is 14.5. The number of fused-ring (bicyclic) bond motifs is 1. The smallest absolute Gasteiger partial charge is 0.356 e. The lowest BCUT2D eigenvalue weighted by atomic mass is 10.1. The molecule has 4 nitrogen and oxygen atoms in total. The number of benzene rings is 1. The summed E-state index contributed by atoms with van der Waals surface area (Å²) in [5, 5.41) is 8.98. The number of rotatable bonds is 1. The Morgan fingerprint density at radius 2 is 2.20 bits per heavy atom. The summed E-state index contributed by atoms with van der Waals surface area (Å²) in [5.41, 5.74) is 5.43. The Hall–Kier alpha value is -2.17. The van der Waals surface area contributed by atoms with Gasteiger partial charge in [-0.15, -0.1) is 0 Å². The van der Waals surface area contributed by atoms with Crippen LogP contribution in [-0.2, 0) is 0 Å².